The van der Waals surface area contributed by atoms with Crippen LogP contribution in [0, 0.1) is 0 Å². The van der Waals surface area contributed by atoms with Crippen molar-refractivity contribution in [1.82, 2.24) is 14.1 Å². The van der Waals surface area contributed by atoms with E-state index in [1.165, 1.54) is 24.7 Å². The Hall–Kier alpha value is -3.46. The number of aryl methyl sites for hydroxylation is 2. The minimum absolute atomic E-state index is 0.0121. The molecule has 8 nitrogen and oxygen atoms in total. The van der Waals surface area contributed by atoms with E-state index in [-0.39, 0.29) is 32.8 Å². The number of ether oxygens (including phenoxy) is 1. The number of hydrogen-bond donors (Lipinski definition) is 0. The summed E-state index contributed by atoms with van der Waals surface area (Å²) in [5.41, 5.74) is -0.584. The summed E-state index contributed by atoms with van der Waals surface area (Å²) in [4.78, 5) is 57.2. The molecule has 1 aromatic carbocycles. The second-order valence-corrected chi connectivity index (χ2v) is 8.16. The van der Waals surface area contributed by atoms with Gasteiger partial charge in [-0.2, -0.15) is 0 Å². The van der Waals surface area contributed by atoms with E-state index in [0.717, 1.165) is 21.2 Å². The Kier molecular flexibility index (Phi) is 5.14. The first kappa shape index (κ1) is 20.8. The number of ketones is 2. The zero-order valence-electron chi connectivity index (χ0n) is 17.4. The van der Waals surface area contributed by atoms with Gasteiger partial charge in [0.05, 0.1) is 34.2 Å². The van der Waals surface area contributed by atoms with Crippen molar-refractivity contribution in [2.24, 2.45) is 14.1 Å². The number of thioether (sulfide) groups is 1. The van der Waals surface area contributed by atoms with Crippen molar-refractivity contribution in [3.05, 3.63) is 72.9 Å². The highest BCUT2D eigenvalue weighted by molar-refractivity contribution is 8.04. The summed E-state index contributed by atoms with van der Waals surface area (Å²) in [5, 5.41) is -0.0168. The molecule has 2 aromatic heterocycles. The van der Waals surface area contributed by atoms with Gasteiger partial charge >= 0.3 is 5.69 Å². The normalized spacial score (nSPS) is 13.4. The number of carbonyl (C=O) groups excluding carboxylic acids is 2. The molecule has 0 radical (unpaired) electrons. The van der Waals surface area contributed by atoms with E-state index in [2.05, 4.69) is 4.98 Å². The summed E-state index contributed by atoms with van der Waals surface area (Å²) in [7, 11) is 4.37. The summed E-state index contributed by atoms with van der Waals surface area (Å²) < 4.78 is 7.35. The summed E-state index contributed by atoms with van der Waals surface area (Å²) in [6.45, 7) is 1.80. The molecule has 2 heterocycles. The van der Waals surface area contributed by atoms with Crippen molar-refractivity contribution in [3.63, 3.8) is 0 Å². The Labute approximate surface area is 181 Å². The van der Waals surface area contributed by atoms with Gasteiger partial charge in [-0.1, -0.05) is 24.8 Å². The van der Waals surface area contributed by atoms with Crippen molar-refractivity contribution in [2.75, 3.05) is 7.11 Å². The monoisotopic (exact) mass is 437 g/mol. The third-order valence-corrected chi connectivity index (χ3v) is 6.24. The first-order valence-electron chi connectivity index (χ1n) is 9.53. The number of aromatic nitrogens is 3. The fourth-order valence-corrected chi connectivity index (χ4v) is 4.57. The van der Waals surface area contributed by atoms with Crippen LogP contribution in [0.5, 0.6) is 5.75 Å². The number of Topliss-reactive ketones (excluding diaryl/α,β-unsaturated/α-hetero) is 1. The number of benzene rings is 1. The van der Waals surface area contributed by atoms with Gasteiger partial charge in [-0.3, -0.25) is 23.5 Å². The highest BCUT2D eigenvalue weighted by Crippen LogP contribution is 2.37. The van der Waals surface area contributed by atoms with Gasteiger partial charge < -0.3 is 4.74 Å². The molecule has 1 aliphatic rings. The van der Waals surface area contributed by atoms with Crippen LogP contribution < -0.4 is 16.0 Å². The number of allylic oxidation sites excluding steroid dienone is 2. The number of methoxy groups -OCH3 is 1. The molecule has 0 N–H and O–H groups in total. The molecule has 3 aromatic rings. The second kappa shape index (κ2) is 7.66. The predicted molar refractivity (Wildman–Crippen MR) is 117 cm³/mol. The summed E-state index contributed by atoms with van der Waals surface area (Å²) in [5.74, 6) is -0.200. The average Bonchev–Trinajstić information content (AvgIpc) is 2.78. The molecule has 9 heteroatoms. The Balaban J connectivity index is 1.96. The van der Waals surface area contributed by atoms with E-state index in [1.54, 1.807) is 32.2 Å². The lowest BCUT2D eigenvalue weighted by atomic mass is 9.90. The molecule has 0 fully saturated rings. The van der Waals surface area contributed by atoms with Gasteiger partial charge in [0.1, 0.15) is 11.4 Å². The Morgan fingerprint density at radius 1 is 1.06 bits per heavy atom. The van der Waals surface area contributed by atoms with E-state index in [4.69, 9.17) is 4.74 Å². The number of pyridine rings is 1. The average molecular weight is 437 g/mol. The molecule has 0 bridgehead atoms. The number of carbonyl (C=O) groups is 2. The molecule has 0 spiro atoms. The van der Waals surface area contributed by atoms with Gasteiger partial charge in [-0.15, -0.1) is 0 Å². The maximum absolute atomic E-state index is 13.4. The van der Waals surface area contributed by atoms with Gasteiger partial charge in [-0.25, -0.2) is 9.78 Å². The number of nitrogens with zero attached hydrogens (tertiary/aromatic N) is 3. The number of hydrogen-bond acceptors (Lipinski definition) is 7. The van der Waals surface area contributed by atoms with Crippen LogP contribution in [0.1, 0.15) is 33.3 Å². The smallest absolute Gasteiger partial charge is 0.332 e. The molecule has 0 unspecified atom stereocenters. The Morgan fingerprint density at radius 2 is 1.81 bits per heavy atom. The Morgan fingerprint density at radius 3 is 2.48 bits per heavy atom. The van der Waals surface area contributed by atoms with E-state index >= 15 is 0 Å². The van der Waals surface area contributed by atoms with Crippen molar-refractivity contribution < 1.29 is 14.3 Å². The molecule has 0 saturated heterocycles. The van der Waals surface area contributed by atoms with Crippen LogP contribution in [0.4, 0.5) is 0 Å². The summed E-state index contributed by atoms with van der Waals surface area (Å²) in [6, 6.07) is 7.16. The van der Waals surface area contributed by atoms with E-state index in [1.807, 2.05) is 6.07 Å². The van der Waals surface area contributed by atoms with Gasteiger partial charge in [0.25, 0.3) is 5.56 Å². The van der Waals surface area contributed by atoms with Crippen LogP contribution in [-0.4, -0.2) is 32.8 Å². The second-order valence-electron chi connectivity index (χ2n) is 7.05. The van der Waals surface area contributed by atoms with Gasteiger partial charge in [-0.05, 0) is 24.6 Å². The number of rotatable bonds is 4. The van der Waals surface area contributed by atoms with E-state index < -0.39 is 17.0 Å². The van der Waals surface area contributed by atoms with Crippen LogP contribution in [0.25, 0.3) is 11.0 Å². The van der Waals surface area contributed by atoms with Gasteiger partial charge in [0.2, 0.25) is 5.78 Å². The summed E-state index contributed by atoms with van der Waals surface area (Å²) in [6.07, 6.45) is 1.61. The SMILES string of the molecule is CCc1nc2c(c3c1C(=O)C(Sc1cccc(OC)c1)=CC3=O)c(=O)n(C)c(=O)n2C. The lowest BCUT2D eigenvalue weighted by Crippen LogP contribution is -2.39. The van der Waals surface area contributed by atoms with E-state index in [9.17, 15) is 19.2 Å². The van der Waals surface area contributed by atoms with Gasteiger partial charge in [0.15, 0.2) is 5.78 Å². The van der Waals surface area contributed by atoms with Crippen molar-refractivity contribution in [1.29, 1.82) is 0 Å². The molecule has 1 aliphatic carbocycles. The lowest BCUT2D eigenvalue weighted by molar-refractivity contribution is 0.0991. The maximum Gasteiger partial charge on any atom is 0.332 e. The van der Waals surface area contributed by atoms with Crippen LogP contribution in [0.3, 0.4) is 0 Å². The first-order chi connectivity index (χ1) is 14.8. The largest absolute Gasteiger partial charge is 0.497 e. The minimum atomic E-state index is -0.650. The molecule has 4 rings (SSSR count). The van der Waals surface area contributed by atoms with Crippen LogP contribution in [0.15, 0.2) is 49.7 Å². The Bertz CT molecular complexity index is 1430. The minimum Gasteiger partial charge on any atom is -0.497 e. The molecule has 0 saturated carbocycles. The highest BCUT2D eigenvalue weighted by atomic mass is 32.2. The highest BCUT2D eigenvalue weighted by Gasteiger charge is 2.33. The molecule has 31 heavy (non-hydrogen) atoms. The number of fused-ring (bicyclic) bond motifs is 3. The predicted octanol–water partition coefficient (Wildman–Crippen LogP) is 2.26. The third kappa shape index (κ3) is 3.21. The van der Waals surface area contributed by atoms with Crippen LogP contribution in [0.2, 0.25) is 0 Å². The molecule has 158 valence electrons. The zero-order valence-corrected chi connectivity index (χ0v) is 18.2. The fraction of sp³-hybridized carbons (Fsp3) is 0.227. The lowest BCUT2D eigenvalue weighted by Gasteiger charge is -2.20. The molecular formula is C22H19N3O5S. The third-order valence-electron chi connectivity index (χ3n) is 5.23. The quantitative estimate of drug-likeness (QED) is 0.617. The van der Waals surface area contributed by atoms with Crippen molar-refractivity contribution >= 4 is 34.4 Å². The maximum atomic E-state index is 13.4. The van der Waals surface area contributed by atoms with Crippen LogP contribution in [-0.2, 0) is 20.5 Å². The molecule has 0 aliphatic heterocycles. The van der Waals surface area contributed by atoms with Gasteiger partial charge in [0, 0.05) is 25.1 Å². The summed E-state index contributed by atoms with van der Waals surface area (Å²) >= 11 is 1.15. The first-order valence-corrected chi connectivity index (χ1v) is 10.3. The van der Waals surface area contributed by atoms with Crippen LogP contribution >= 0.6 is 11.8 Å². The molecular weight excluding hydrogens is 418 g/mol. The standard InChI is InChI=1S/C22H19N3O5S/c1-5-13-16-17(18-20(23-13)24(2)22(29)25(3)21(18)28)14(26)10-15(19(16)27)31-12-8-6-7-11(9-12)30-4/h6-10H,5H2,1-4H3. The zero-order chi connectivity index (χ0) is 22.4. The topological polar surface area (TPSA) is 100 Å². The fourth-order valence-electron chi connectivity index (χ4n) is 3.63. The van der Waals surface area contributed by atoms with Crippen molar-refractivity contribution in [3.8, 4) is 5.75 Å². The van der Waals surface area contributed by atoms with E-state index in [0.29, 0.717) is 17.9 Å². The van der Waals surface area contributed by atoms with Crippen molar-refractivity contribution in [2.45, 2.75) is 18.2 Å². The molecule has 0 amide bonds. The molecule has 0 atom stereocenters.